The lowest BCUT2D eigenvalue weighted by Crippen LogP contribution is -2.16. The minimum Gasteiger partial charge on any atom is -0.506 e. The minimum absolute atomic E-state index is 0.0410. The number of aliphatic hydroxyl groups excluding tert-OH is 1. The van der Waals surface area contributed by atoms with Crippen LogP contribution < -0.4 is 5.32 Å². The van der Waals surface area contributed by atoms with Gasteiger partial charge in [-0.1, -0.05) is 18.8 Å². The van der Waals surface area contributed by atoms with Crippen LogP contribution in [0.5, 0.6) is 0 Å². The summed E-state index contributed by atoms with van der Waals surface area (Å²) in [4.78, 5) is -0.546. The highest BCUT2D eigenvalue weighted by molar-refractivity contribution is 7.81. The van der Waals surface area contributed by atoms with Gasteiger partial charge in [0.15, 0.2) is 0 Å². The molecule has 10 heteroatoms. The summed E-state index contributed by atoms with van der Waals surface area (Å²) in [5.41, 5.74) is -4.21. The lowest BCUT2D eigenvalue weighted by Gasteiger charge is -2.15. The van der Waals surface area contributed by atoms with Crippen molar-refractivity contribution in [3.8, 4) is 6.07 Å². The zero-order valence-electron chi connectivity index (χ0n) is 12.5. The van der Waals surface area contributed by atoms with E-state index in [1.165, 1.54) is 13.0 Å². The van der Waals surface area contributed by atoms with Crippen LogP contribution in [0.3, 0.4) is 0 Å². The number of anilines is 1. The Kier molecular flexibility index (Phi) is 5.86. The zero-order chi connectivity index (χ0) is 19.6. The Morgan fingerprint density at radius 3 is 1.88 bits per heavy atom. The summed E-state index contributed by atoms with van der Waals surface area (Å²) in [7, 11) is 0. The standard InChI is InChI=1S/C15H10F6N2OS/c1-7(2)12(24)11(6-22)13(25)23-10-4-8(14(16,17)18)3-9(5-10)15(19,20)21/h3-5,24H,1H2,2H3,(H,23,25). The van der Waals surface area contributed by atoms with Gasteiger partial charge >= 0.3 is 12.4 Å². The van der Waals surface area contributed by atoms with Gasteiger partial charge in [0.05, 0.1) is 11.1 Å². The highest BCUT2D eigenvalue weighted by Gasteiger charge is 2.37. The fourth-order valence-electron chi connectivity index (χ4n) is 1.65. The van der Waals surface area contributed by atoms with E-state index in [0.29, 0.717) is 12.1 Å². The topological polar surface area (TPSA) is 56.0 Å². The zero-order valence-corrected chi connectivity index (χ0v) is 13.3. The summed E-state index contributed by atoms with van der Waals surface area (Å²) in [6.45, 7) is 4.70. The Hall–Kier alpha value is -2.54. The maximum Gasteiger partial charge on any atom is 0.416 e. The van der Waals surface area contributed by atoms with Crippen LogP contribution in [0.1, 0.15) is 18.1 Å². The molecule has 0 fully saturated rings. The van der Waals surface area contributed by atoms with Gasteiger partial charge in [-0.25, -0.2) is 0 Å². The maximum absolute atomic E-state index is 12.8. The molecule has 0 aliphatic carbocycles. The van der Waals surface area contributed by atoms with Crippen molar-refractivity contribution >= 4 is 22.9 Å². The second-order valence-electron chi connectivity index (χ2n) is 4.86. The van der Waals surface area contributed by atoms with Crippen molar-refractivity contribution in [2.24, 2.45) is 0 Å². The first-order valence-electron chi connectivity index (χ1n) is 6.37. The molecule has 1 aromatic carbocycles. The summed E-state index contributed by atoms with van der Waals surface area (Å²) >= 11 is 4.77. The van der Waals surface area contributed by atoms with Gasteiger partial charge in [-0.3, -0.25) is 0 Å². The Labute approximate surface area is 143 Å². The predicted molar refractivity (Wildman–Crippen MR) is 82.7 cm³/mol. The van der Waals surface area contributed by atoms with Crippen LogP contribution in [0.4, 0.5) is 32.0 Å². The Bertz CT molecular complexity index is 754. The average Bonchev–Trinajstić information content (AvgIpc) is 2.45. The molecule has 0 aliphatic heterocycles. The molecule has 0 saturated heterocycles. The molecule has 0 aromatic heterocycles. The quantitative estimate of drug-likeness (QED) is 0.185. The molecular formula is C15H10F6N2OS. The van der Waals surface area contributed by atoms with Gasteiger partial charge in [-0.2, -0.15) is 31.6 Å². The fourth-order valence-corrected chi connectivity index (χ4v) is 1.91. The van der Waals surface area contributed by atoms with Gasteiger partial charge in [0.25, 0.3) is 0 Å². The SMILES string of the molecule is C=C(C)C(O)=C(C#N)C(=S)Nc1cc(C(F)(F)F)cc(C(F)(F)F)c1. The summed E-state index contributed by atoms with van der Waals surface area (Å²) in [6, 6.07) is 2.29. The first-order valence-corrected chi connectivity index (χ1v) is 6.78. The van der Waals surface area contributed by atoms with Gasteiger partial charge in [-0.15, -0.1) is 0 Å². The molecule has 0 atom stereocenters. The summed E-state index contributed by atoms with van der Waals surface area (Å²) in [5, 5.41) is 20.7. The van der Waals surface area contributed by atoms with Crippen molar-refractivity contribution in [3.63, 3.8) is 0 Å². The van der Waals surface area contributed by atoms with Crippen molar-refractivity contribution in [1.82, 2.24) is 0 Å². The number of alkyl halides is 6. The van der Waals surface area contributed by atoms with Gasteiger partial charge < -0.3 is 10.4 Å². The second-order valence-corrected chi connectivity index (χ2v) is 5.27. The largest absolute Gasteiger partial charge is 0.506 e. The van der Waals surface area contributed by atoms with E-state index < -0.39 is 45.5 Å². The number of hydrogen-bond acceptors (Lipinski definition) is 3. The number of aliphatic hydroxyl groups is 1. The van der Waals surface area contributed by atoms with E-state index in [1.54, 1.807) is 0 Å². The van der Waals surface area contributed by atoms with Crippen LogP contribution in [0.25, 0.3) is 0 Å². The number of hydrogen-bond donors (Lipinski definition) is 2. The number of halogens is 6. The maximum atomic E-state index is 12.8. The number of benzene rings is 1. The molecule has 0 spiro atoms. The Morgan fingerprint density at radius 2 is 1.56 bits per heavy atom. The fraction of sp³-hybridized carbons (Fsp3) is 0.200. The third-order valence-corrected chi connectivity index (χ3v) is 3.13. The van der Waals surface area contributed by atoms with E-state index in [1.807, 2.05) is 0 Å². The van der Waals surface area contributed by atoms with Crippen LogP contribution >= 0.6 is 12.2 Å². The van der Waals surface area contributed by atoms with Crippen molar-refractivity contribution in [2.75, 3.05) is 5.32 Å². The molecule has 0 saturated carbocycles. The van der Waals surface area contributed by atoms with E-state index in [4.69, 9.17) is 17.5 Å². The van der Waals surface area contributed by atoms with E-state index in [2.05, 4.69) is 11.9 Å². The Morgan fingerprint density at radius 1 is 1.12 bits per heavy atom. The van der Waals surface area contributed by atoms with Crippen LogP contribution in [0.2, 0.25) is 0 Å². The van der Waals surface area contributed by atoms with Gasteiger partial charge in [0.1, 0.15) is 22.4 Å². The lowest BCUT2D eigenvalue weighted by molar-refractivity contribution is -0.143. The third kappa shape index (κ3) is 5.22. The molecule has 2 N–H and O–H groups in total. The molecule has 3 nitrogen and oxygen atoms in total. The molecule has 1 rings (SSSR count). The molecule has 0 aliphatic rings. The van der Waals surface area contributed by atoms with Gasteiger partial charge in [-0.05, 0) is 30.7 Å². The van der Waals surface area contributed by atoms with E-state index in [0.717, 1.165) is 0 Å². The van der Waals surface area contributed by atoms with Crippen molar-refractivity contribution in [3.05, 3.63) is 52.8 Å². The summed E-state index contributed by atoms with van der Waals surface area (Å²) < 4.78 is 76.7. The molecule has 134 valence electrons. The molecule has 0 amide bonds. The number of thiocarbonyl (C=S) groups is 1. The molecule has 25 heavy (non-hydrogen) atoms. The third-order valence-electron chi connectivity index (χ3n) is 2.83. The molecule has 1 aromatic rings. The highest BCUT2D eigenvalue weighted by Crippen LogP contribution is 2.37. The molecular weight excluding hydrogens is 370 g/mol. The van der Waals surface area contributed by atoms with Crippen molar-refractivity contribution in [1.29, 1.82) is 5.26 Å². The minimum atomic E-state index is -5.02. The first kappa shape index (κ1) is 20.5. The highest BCUT2D eigenvalue weighted by atomic mass is 32.1. The number of nitrogens with one attached hydrogen (secondary N) is 1. The Balaban J connectivity index is 3.39. The van der Waals surface area contributed by atoms with Crippen LogP contribution in [-0.4, -0.2) is 10.1 Å². The summed E-state index contributed by atoms with van der Waals surface area (Å²) in [5.74, 6) is -0.622. The number of rotatable bonds is 3. The molecule has 0 bridgehead atoms. The van der Waals surface area contributed by atoms with Gasteiger partial charge in [0, 0.05) is 5.69 Å². The van der Waals surface area contributed by atoms with Crippen molar-refractivity contribution < 1.29 is 31.4 Å². The van der Waals surface area contributed by atoms with Crippen LogP contribution in [0, 0.1) is 11.3 Å². The number of nitriles is 1. The van der Waals surface area contributed by atoms with E-state index in [9.17, 15) is 31.4 Å². The average molecular weight is 380 g/mol. The molecule has 0 radical (unpaired) electrons. The van der Waals surface area contributed by atoms with Crippen molar-refractivity contribution in [2.45, 2.75) is 19.3 Å². The number of allylic oxidation sites excluding steroid dienone is 1. The predicted octanol–water partition coefficient (Wildman–Crippen LogP) is 5.38. The molecule has 0 heterocycles. The summed E-state index contributed by atoms with van der Waals surface area (Å²) in [6.07, 6.45) is -10.0. The smallest absolute Gasteiger partial charge is 0.416 e. The van der Waals surface area contributed by atoms with Gasteiger partial charge in [0.2, 0.25) is 0 Å². The number of nitrogens with zero attached hydrogens (tertiary/aromatic N) is 1. The first-order chi connectivity index (χ1) is 11.3. The molecule has 0 unspecified atom stereocenters. The van der Waals surface area contributed by atoms with Crippen LogP contribution in [0.15, 0.2) is 41.7 Å². The van der Waals surface area contributed by atoms with Crippen LogP contribution in [-0.2, 0) is 12.4 Å². The monoisotopic (exact) mass is 380 g/mol. The van der Waals surface area contributed by atoms with E-state index in [-0.39, 0.29) is 11.6 Å². The second kappa shape index (κ2) is 7.14. The van der Waals surface area contributed by atoms with E-state index >= 15 is 0 Å². The normalized spacial score (nSPS) is 12.9. The lowest BCUT2D eigenvalue weighted by atomic mass is 10.1.